The van der Waals surface area contributed by atoms with E-state index >= 15 is 0 Å². The number of carbonyl (C=O) groups excluding carboxylic acids is 2. The van der Waals surface area contributed by atoms with Crippen molar-refractivity contribution in [3.63, 3.8) is 0 Å². The number of anilines is 1. The first-order chi connectivity index (χ1) is 16.8. The zero-order chi connectivity index (χ0) is 25.3. The summed E-state index contributed by atoms with van der Waals surface area (Å²) in [5.41, 5.74) is 2.65. The Labute approximate surface area is 208 Å². The van der Waals surface area contributed by atoms with Crippen molar-refractivity contribution in [2.45, 2.75) is 57.9 Å². The van der Waals surface area contributed by atoms with E-state index < -0.39 is 5.41 Å². The number of nitrogens with one attached hydrogen (secondary N) is 2. The summed E-state index contributed by atoms with van der Waals surface area (Å²) in [6.45, 7) is 6.43. The van der Waals surface area contributed by atoms with Crippen molar-refractivity contribution in [3.8, 4) is 0 Å². The molecule has 0 atom stereocenters. The van der Waals surface area contributed by atoms with E-state index in [1.165, 1.54) is 19.2 Å². The normalized spacial score (nSPS) is 15.5. The van der Waals surface area contributed by atoms with E-state index in [9.17, 15) is 14.0 Å². The Bertz CT molecular complexity index is 1010. The molecule has 2 aromatic carbocycles. The fourth-order valence-corrected chi connectivity index (χ4v) is 4.40. The minimum atomic E-state index is -0.431. The van der Waals surface area contributed by atoms with Crippen LogP contribution in [0.2, 0.25) is 0 Å². The smallest absolute Gasteiger partial charge is 0.252 e. The minimum Gasteiger partial charge on any atom is -0.375 e. The van der Waals surface area contributed by atoms with Crippen molar-refractivity contribution >= 4 is 17.5 Å². The number of carbonyl (C=O) groups is 2. The van der Waals surface area contributed by atoms with E-state index in [-0.39, 0.29) is 24.2 Å². The Morgan fingerprint density at radius 3 is 2.63 bits per heavy atom. The molecule has 0 bridgehead atoms. The van der Waals surface area contributed by atoms with Crippen LogP contribution in [-0.2, 0) is 21.5 Å². The van der Waals surface area contributed by atoms with Gasteiger partial charge >= 0.3 is 0 Å². The van der Waals surface area contributed by atoms with Gasteiger partial charge in [-0.2, -0.15) is 0 Å². The topological polar surface area (TPSA) is 70.7 Å². The zero-order valence-corrected chi connectivity index (χ0v) is 21.2. The molecule has 0 fully saturated rings. The standard InChI is InChI=1S/C28H38FN3O3/c1-28(2,23-10-9-11-24(29)17-23)20-31-27(34)21-12-13-25-22(16-21)18-30-14-7-5-4-6-8-15-32(25)26(33)19-35-3/h9-13,16-17,30H,4-8,14-15,18-20H2,1-3H3,(H,31,34). The fourth-order valence-electron chi connectivity index (χ4n) is 4.40. The van der Waals surface area contributed by atoms with Gasteiger partial charge in [-0.25, -0.2) is 4.39 Å². The van der Waals surface area contributed by atoms with Gasteiger partial charge in [-0.05, 0) is 60.8 Å². The molecule has 35 heavy (non-hydrogen) atoms. The third-order valence-electron chi connectivity index (χ3n) is 6.55. The van der Waals surface area contributed by atoms with E-state index in [4.69, 9.17) is 4.74 Å². The maximum absolute atomic E-state index is 13.7. The minimum absolute atomic E-state index is 0.0181. The molecule has 1 aliphatic heterocycles. The van der Waals surface area contributed by atoms with Crippen molar-refractivity contribution in [3.05, 3.63) is 65.0 Å². The highest BCUT2D eigenvalue weighted by Crippen LogP contribution is 2.26. The summed E-state index contributed by atoms with van der Waals surface area (Å²) in [5, 5.41) is 6.47. The largest absolute Gasteiger partial charge is 0.375 e. The van der Waals surface area contributed by atoms with Gasteiger partial charge in [0.25, 0.3) is 11.8 Å². The van der Waals surface area contributed by atoms with Crippen LogP contribution in [0.3, 0.4) is 0 Å². The first-order valence-corrected chi connectivity index (χ1v) is 12.5. The van der Waals surface area contributed by atoms with Gasteiger partial charge in [-0.1, -0.05) is 45.2 Å². The number of amides is 2. The molecule has 1 heterocycles. The zero-order valence-electron chi connectivity index (χ0n) is 21.2. The molecule has 0 unspecified atom stereocenters. The summed E-state index contributed by atoms with van der Waals surface area (Å²) in [4.78, 5) is 27.7. The fraction of sp³-hybridized carbons (Fsp3) is 0.500. The molecule has 0 spiro atoms. The lowest BCUT2D eigenvalue weighted by Crippen LogP contribution is -2.37. The Morgan fingerprint density at radius 2 is 1.86 bits per heavy atom. The summed E-state index contributed by atoms with van der Waals surface area (Å²) >= 11 is 0. The van der Waals surface area contributed by atoms with Crippen molar-refractivity contribution in [2.75, 3.05) is 38.3 Å². The van der Waals surface area contributed by atoms with Gasteiger partial charge in [0.2, 0.25) is 0 Å². The number of benzene rings is 2. The Hall–Kier alpha value is -2.77. The highest BCUT2D eigenvalue weighted by Gasteiger charge is 2.24. The Morgan fingerprint density at radius 1 is 1.09 bits per heavy atom. The summed E-state index contributed by atoms with van der Waals surface area (Å²) in [7, 11) is 1.52. The molecule has 0 saturated heterocycles. The van der Waals surface area contributed by atoms with Crippen LogP contribution in [0.4, 0.5) is 10.1 Å². The molecule has 0 aromatic heterocycles. The van der Waals surface area contributed by atoms with Gasteiger partial charge in [0.1, 0.15) is 12.4 Å². The van der Waals surface area contributed by atoms with Crippen molar-refractivity contribution in [2.24, 2.45) is 0 Å². The van der Waals surface area contributed by atoms with Crippen molar-refractivity contribution < 1.29 is 18.7 Å². The number of methoxy groups -OCH3 is 1. The third-order valence-corrected chi connectivity index (χ3v) is 6.55. The quantitative estimate of drug-likeness (QED) is 0.632. The number of hydrogen-bond donors (Lipinski definition) is 2. The molecule has 2 aromatic rings. The number of ether oxygens (including phenoxy) is 1. The molecule has 0 aliphatic carbocycles. The molecular formula is C28H38FN3O3. The molecular weight excluding hydrogens is 445 g/mol. The average molecular weight is 484 g/mol. The predicted octanol–water partition coefficient (Wildman–Crippen LogP) is 4.57. The van der Waals surface area contributed by atoms with Crippen molar-refractivity contribution in [1.29, 1.82) is 0 Å². The number of fused-ring (bicyclic) bond motifs is 1. The van der Waals surface area contributed by atoms with Gasteiger partial charge in [-0.15, -0.1) is 0 Å². The van der Waals surface area contributed by atoms with Crippen LogP contribution in [0, 0.1) is 5.82 Å². The Balaban J connectivity index is 1.81. The van der Waals surface area contributed by atoms with Gasteiger partial charge in [0, 0.05) is 43.4 Å². The lowest BCUT2D eigenvalue weighted by molar-refractivity contribution is -0.122. The van der Waals surface area contributed by atoms with Crippen molar-refractivity contribution in [1.82, 2.24) is 10.6 Å². The molecule has 6 nitrogen and oxygen atoms in total. The van der Waals surface area contributed by atoms with E-state index in [1.807, 2.05) is 32.0 Å². The molecule has 3 rings (SSSR count). The van der Waals surface area contributed by atoms with E-state index in [1.54, 1.807) is 17.0 Å². The third kappa shape index (κ3) is 7.61. The van der Waals surface area contributed by atoms with Gasteiger partial charge in [0.05, 0.1) is 0 Å². The summed E-state index contributed by atoms with van der Waals surface area (Å²) in [6.07, 6.45) is 5.44. The number of nitrogens with zero attached hydrogens (tertiary/aromatic N) is 1. The van der Waals surface area contributed by atoms with Crippen LogP contribution < -0.4 is 15.5 Å². The predicted molar refractivity (Wildman–Crippen MR) is 137 cm³/mol. The van der Waals surface area contributed by atoms with Gasteiger partial charge in [0.15, 0.2) is 0 Å². The van der Waals surface area contributed by atoms with E-state index in [0.717, 1.165) is 55.5 Å². The molecule has 2 N–H and O–H groups in total. The molecule has 7 heteroatoms. The highest BCUT2D eigenvalue weighted by atomic mass is 19.1. The summed E-state index contributed by atoms with van der Waals surface area (Å²) < 4.78 is 18.8. The second-order valence-electron chi connectivity index (χ2n) is 9.84. The van der Waals surface area contributed by atoms with Gasteiger partial charge < -0.3 is 20.3 Å². The summed E-state index contributed by atoms with van der Waals surface area (Å²) in [5.74, 6) is -0.570. The van der Waals surface area contributed by atoms with E-state index in [2.05, 4.69) is 10.6 Å². The Kier molecular flexibility index (Phi) is 9.81. The molecule has 1 aliphatic rings. The van der Waals surface area contributed by atoms with Crippen LogP contribution >= 0.6 is 0 Å². The van der Waals surface area contributed by atoms with Crippen LogP contribution in [0.1, 0.15) is 67.4 Å². The van der Waals surface area contributed by atoms with Crippen LogP contribution in [0.25, 0.3) is 0 Å². The van der Waals surface area contributed by atoms with Crippen LogP contribution in [0.5, 0.6) is 0 Å². The van der Waals surface area contributed by atoms with Gasteiger partial charge in [-0.3, -0.25) is 9.59 Å². The first kappa shape index (κ1) is 26.8. The lowest BCUT2D eigenvalue weighted by atomic mass is 9.84. The monoisotopic (exact) mass is 483 g/mol. The van der Waals surface area contributed by atoms with Crippen LogP contribution in [-0.4, -0.2) is 45.2 Å². The SMILES string of the molecule is COCC(=O)N1CCCCCCCNCc2cc(C(=O)NCC(C)(C)c3cccc(F)c3)ccc21. The van der Waals surface area contributed by atoms with E-state index in [0.29, 0.717) is 25.2 Å². The average Bonchev–Trinajstić information content (AvgIpc) is 2.83. The number of halogens is 1. The molecule has 0 radical (unpaired) electrons. The second-order valence-corrected chi connectivity index (χ2v) is 9.84. The highest BCUT2D eigenvalue weighted by molar-refractivity contribution is 5.98. The lowest BCUT2D eigenvalue weighted by Gasteiger charge is -2.27. The van der Waals surface area contributed by atoms with Crippen LogP contribution in [0.15, 0.2) is 42.5 Å². The number of rotatable bonds is 6. The summed E-state index contributed by atoms with van der Waals surface area (Å²) in [6, 6.07) is 12.0. The molecule has 0 saturated carbocycles. The maximum atomic E-state index is 13.7. The number of hydrogen-bond acceptors (Lipinski definition) is 4. The molecule has 190 valence electrons. The second kappa shape index (κ2) is 12.8. The maximum Gasteiger partial charge on any atom is 0.252 e. The molecule has 2 amide bonds. The first-order valence-electron chi connectivity index (χ1n) is 12.5.